The molecule has 0 saturated carbocycles. The summed E-state index contributed by atoms with van der Waals surface area (Å²) in [5.74, 6) is -2.88. The van der Waals surface area contributed by atoms with Gasteiger partial charge < -0.3 is 15.5 Å². The SMILES string of the molecule is C[NH+](C)CCNC(=O)C(=O)[C@@H]1C(=O)Nc2ccccc21. The van der Waals surface area contributed by atoms with Crippen LogP contribution in [-0.2, 0) is 14.4 Å². The Bertz CT molecular complexity index is 554. The second-order valence-corrected chi connectivity index (χ2v) is 5.09. The normalized spacial score (nSPS) is 16.8. The molecule has 0 saturated heterocycles. The fraction of sp³-hybridized carbons (Fsp3) is 0.357. The highest BCUT2D eigenvalue weighted by Crippen LogP contribution is 2.32. The number of quaternary nitrogens is 1. The summed E-state index contributed by atoms with van der Waals surface area (Å²) in [6.45, 7) is 1.12. The molecule has 0 bridgehead atoms. The van der Waals surface area contributed by atoms with Gasteiger partial charge in [-0.05, 0) is 11.6 Å². The second-order valence-electron chi connectivity index (χ2n) is 5.09. The molecule has 1 aliphatic rings. The number of benzene rings is 1. The molecule has 1 aromatic carbocycles. The number of rotatable bonds is 5. The number of carbonyl (C=O) groups excluding carboxylic acids is 3. The van der Waals surface area contributed by atoms with E-state index in [9.17, 15) is 14.4 Å². The number of hydrogen-bond acceptors (Lipinski definition) is 3. The van der Waals surface area contributed by atoms with Gasteiger partial charge in [0.25, 0.3) is 5.91 Å². The highest BCUT2D eigenvalue weighted by Gasteiger charge is 2.39. The molecule has 1 atom stereocenters. The summed E-state index contributed by atoms with van der Waals surface area (Å²) in [5, 5.41) is 5.17. The quantitative estimate of drug-likeness (QED) is 0.455. The summed E-state index contributed by atoms with van der Waals surface area (Å²) in [6.07, 6.45) is 0. The minimum atomic E-state index is -1.03. The van der Waals surface area contributed by atoms with Gasteiger partial charge in [0.2, 0.25) is 11.7 Å². The van der Waals surface area contributed by atoms with Crippen molar-refractivity contribution >= 4 is 23.3 Å². The van der Waals surface area contributed by atoms with E-state index in [2.05, 4.69) is 10.6 Å². The Kier molecular flexibility index (Phi) is 4.14. The fourth-order valence-electron chi connectivity index (χ4n) is 2.11. The minimum Gasteiger partial charge on any atom is -0.344 e. The highest BCUT2D eigenvalue weighted by molar-refractivity contribution is 6.44. The fourth-order valence-corrected chi connectivity index (χ4v) is 2.11. The Balaban J connectivity index is 2.06. The number of hydrogen-bond donors (Lipinski definition) is 3. The maximum atomic E-state index is 12.1. The molecule has 1 aromatic rings. The van der Waals surface area contributed by atoms with Crippen molar-refractivity contribution in [1.29, 1.82) is 0 Å². The Hall–Kier alpha value is -2.21. The summed E-state index contributed by atoms with van der Waals surface area (Å²) in [7, 11) is 3.91. The van der Waals surface area contributed by atoms with Gasteiger partial charge in [0.05, 0.1) is 27.2 Å². The van der Waals surface area contributed by atoms with Crippen LogP contribution in [-0.4, -0.2) is 44.8 Å². The van der Waals surface area contributed by atoms with Gasteiger partial charge in [0.15, 0.2) is 0 Å². The van der Waals surface area contributed by atoms with Crippen LogP contribution in [0.3, 0.4) is 0 Å². The number of ketones is 1. The van der Waals surface area contributed by atoms with Crippen LogP contribution in [0.1, 0.15) is 11.5 Å². The predicted octanol–water partition coefficient (Wildman–Crippen LogP) is -1.45. The molecule has 106 valence electrons. The zero-order chi connectivity index (χ0) is 14.7. The standard InChI is InChI=1S/C14H17N3O3/c1-17(2)8-7-15-14(20)12(18)11-9-5-3-4-6-10(9)16-13(11)19/h3-6,11H,7-8H2,1-2H3,(H,15,20)(H,16,19)/p+1/t11-/m1/s1. The van der Waals surface area contributed by atoms with E-state index in [-0.39, 0.29) is 0 Å². The van der Waals surface area contributed by atoms with Gasteiger partial charge in [0.1, 0.15) is 5.92 Å². The maximum absolute atomic E-state index is 12.1. The van der Waals surface area contributed by atoms with Crippen LogP contribution in [0.4, 0.5) is 5.69 Å². The van der Waals surface area contributed by atoms with E-state index in [0.29, 0.717) is 24.3 Å². The van der Waals surface area contributed by atoms with E-state index in [0.717, 1.165) is 0 Å². The van der Waals surface area contributed by atoms with Crippen molar-refractivity contribution in [3.63, 3.8) is 0 Å². The monoisotopic (exact) mass is 276 g/mol. The number of nitrogens with one attached hydrogen (secondary N) is 3. The van der Waals surface area contributed by atoms with Crippen LogP contribution in [0.15, 0.2) is 24.3 Å². The Morgan fingerprint density at radius 1 is 1.30 bits per heavy atom. The van der Waals surface area contributed by atoms with Gasteiger partial charge in [-0.2, -0.15) is 0 Å². The van der Waals surface area contributed by atoms with E-state index < -0.39 is 23.5 Å². The van der Waals surface area contributed by atoms with Gasteiger partial charge in [0, 0.05) is 5.69 Å². The predicted molar refractivity (Wildman–Crippen MR) is 73.5 cm³/mol. The van der Waals surface area contributed by atoms with Gasteiger partial charge in [-0.15, -0.1) is 0 Å². The van der Waals surface area contributed by atoms with Gasteiger partial charge in [-0.1, -0.05) is 18.2 Å². The molecule has 2 amide bonds. The summed E-state index contributed by atoms with van der Waals surface area (Å²) in [4.78, 5) is 36.9. The van der Waals surface area contributed by atoms with Gasteiger partial charge >= 0.3 is 0 Å². The third-order valence-corrected chi connectivity index (χ3v) is 3.19. The van der Waals surface area contributed by atoms with Crippen molar-refractivity contribution in [2.24, 2.45) is 0 Å². The summed E-state index contributed by atoms with van der Waals surface area (Å²) < 4.78 is 0. The molecule has 0 spiro atoms. The van der Waals surface area contributed by atoms with E-state index in [1.54, 1.807) is 24.3 Å². The zero-order valence-corrected chi connectivity index (χ0v) is 11.5. The van der Waals surface area contributed by atoms with Crippen molar-refractivity contribution in [3.05, 3.63) is 29.8 Å². The first-order valence-electron chi connectivity index (χ1n) is 6.51. The number of amides is 2. The summed E-state index contributed by atoms with van der Waals surface area (Å²) >= 11 is 0. The highest BCUT2D eigenvalue weighted by atomic mass is 16.2. The van der Waals surface area contributed by atoms with Gasteiger partial charge in [-0.3, -0.25) is 14.4 Å². The number of fused-ring (bicyclic) bond motifs is 1. The molecule has 0 fully saturated rings. The largest absolute Gasteiger partial charge is 0.344 e. The first-order valence-corrected chi connectivity index (χ1v) is 6.51. The molecule has 2 rings (SSSR count). The van der Waals surface area contributed by atoms with Crippen LogP contribution in [0.25, 0.3) is 0 Å². The first kappa shape index (κ1) is 14.2. The summed E-state index contributed by atoms with van der Waals surface area (Å²) in [5.41, 5.74) is 1.16. The third kappa shape index (κ3) is 2.85. The lowest BCUT2D eigenvalue weighted by Crippen LogP contribution is -3.06. The molecule has 6 nitrogen and oxygen atoms in total. The first-order chi connectivity index (χ1) is 9.50. The number of para-hydroxylation sites is 1. The topological polar surface area (TPSA) is 79.7 Å². The number of Topliss-reactive ketones (excluding diaryl/α,β-unsaturated/α-hetero) is 1. The molecule has 1 heterocycles. The number of likely N-dealkylation sites (N-methyl/N-ethyl adjacent to an activating group) is 1. The third-order valence-electron chi connectivity index (χ3n) is 3.19. The smallest absolute Gasteiger partial charge is 0.288 e. The van der Waals surface area contributed by atoms with Crippen LogP contribution in [0.5, 0.6) is 0 Å². The average Bonchev–Trinajstić information content (AvgIpc) is 2.73. The average molecular weight is 276 g/mol. The van der Waals surface area contributed by atoms with Crippen molar-refractivity contribution in [2.75, 3.05) is 32.5 Å². The molecule has 3 N–H and O–H groups in total. The Morgan fingerprint density at radius 3 is 2.70 bits per heavy atom. The molecule has 0 aromatic heterocycles. The molecule has 20 heavy (non-hydrogen) atoms. The molecule has 6 heteroatoms. The molecule has 0 unspecified atom stereocenters. The molecule has 1 aliphatic heterocycles. The lowest BCUT2D eigenvalue weighted by molar-refractivity contribution is -0.856. The lowest BCUT2D eigenvalue weighted by atomic mass is 9.96. The number of anilines is 1. The molecule has 0 aliphatic carbocycles. The Labute approximate surface area is 117 Å². The Morgan fingerprint density at radius 2 is 2.00 bits per heavy atom. The lowest BCUT2D eigenvalue weighted by Gasteiger charge is -2.10. The van der Waals surface area contributed by atoms with E-state index >= 15 is 0 Å². The molecular formula is C14H18N3O3+. The van der Waals surface area contributed by atoms with Crippen LogP contribution >= 0.6 is 0 Å². The van der Waals surface area contributed by atoms with Crippen LogP contribution in [0, 0.1) is 0 Å². The van der Waals surface area contributed by atoms with Crippen LogP contribution < -0.4 is 15.5 Å². The van der Waals surface area contributed by atoms with Crippen molar-refractivity contribution in [1.82, 2.24) is 5.32 Å². The van der Waals surface area contributed by atoms with E-state index in [4.69, 9.17) is 0 Å². The summed E-state index contributed by atoms with van der Waals surface area (Å²) in [6, 6.07) is 6.92. The van der Waals surface area contributed by atoms with Gasteiger partial charge in [-0.25, -0.2) is 0 Å². The van der Waals surface area contributed by atoms with Crippen molar-refractivity contribution < 1.29 is 19.3 Å². The van der Waals surface area contributed by atoms with Crippen molar-refractivity contribution in [3.8, 4) is 0 Å². The van der Waals surface area contributed by atoms with Crippen molar-refractivity contribution in [2.45, 2.75) is 5.92 Å². The maximum Gasteiger partial charge on any atom is 0.288 e. The second kappa shape index (κ2) is 5.83. The molecule has 0 radical (unpaired) electrons. The van der Waals surface area contributed by atoms with Crippen LogP contribution in [0.2, 0.25) is 0 Å². The minimum absolute atomic E-state index is 0.406. The zero-order valence-electron chi connectivity index (χ0n) is 11.5. The molecular weight excluding hydrogens is 258 g/mol. The van der Waals surface area contributed by atoms with E-state index in [1.165, 1.54) is 4.90 Å². The number of carbonyl (C=O) groups is 3. The van der Waals surface area contributed by atoms with E-state index in [1.807, 2.05) is 14.1 Å².